The molecule has 0 saturated heterocycles. The highest BCUT2D eigenvalue weighted by molar-refractivity contribution is 6.03. The van der Waals surface area contributed by atoms with Crippen LogP contribution in [0.2, 0.25) is 0 Å². The molecule has 0 aliphatic rings. The van der Waals surface area contributed by atoms with Gasteiger partial charge in [-0.05, 0) is 42.5 Å². The summed E-state index contributed by atoms with van der Waals surface area (Å²) in [5.41, 5.74) is 3.37. The molecule has 7 nitrogen and oxygen atoms in total. The summed E-state index contributed by atoms with van der Waals surface area (Å²) in [6.07, 6.45) is 2.10. The number of nitrogens with one attached hydrogen (secondary N) is 1. The summed E-state index contributed by atoms with van der Waals surface area (Å²) in [4.78, 5) is 18.2. The molecule has 0 radical (unpaired) electrons. The molecule has 0 aliphatic heterocycles. The molecule has 0 spiro atoms. The van der Waals surface area contributed by atoms with Crippen LogP contribution >= 0.6 is 0 Å². The Balaban J connectivity index is 1.78. The third-order valence-electron chi connectivity index (χ3n) is 5.39. The molecule has 3 heterocycles. The monoisotopic (exact) mass is 412 g/mol. The Hall–Kier alpha value is -4.13. The van der Waals surface area contributed by atoms with E-state index in [2.05, 4.69) is 15.2 Å². The van der Waals surface area contributed by atoms with Crippen LogP contribution in [0.25, 0.3) is 27.6 Å². The lowest BCUT2D eigenvalue weighted by Gasteiger charge is -2.11. The quantitative estimate of drug-likeness (QED) is 0.474. The standard InChI is InChI=1S/C24H20N4O3/c1-30-17-10-11-20(31-2)15(13-17)14-19-21-22(27-26-19)18-9-6-12-25-23(18)28(24(21)29)16-7-4-3-5-8-16/h3-13H,14H2,1-2H3,(H,26,27). The number of rotatable bonds is 5. The van der Waals surface area contributed by atoms with E-state index in [-0.39, 0.29) is 5.56 Å². The van der Waals surface area contributed by atoms with Crippen molar-refractivity contribution in [2.45, 2.75) is 6.42 Å². The second-order valence-electron chi connectivity index (χ2n) is 7.13. The molecule has 5 rings (SSSR count). The molecule has 154 valence electrons. The lowest BCUT2D eigenvalue weighted by molar-refractivity contribution is 0.399. The van der Waals surface area contributed by atoms with E-state index in [9.17, 15) is 4.79 Å². The van der Waals surface area contributed by atoms with Gasteiger partial charge >= 0.3 is 0 Å². The summed E-state index contributed by atoms with van der Waals surface area (Å²) in [6, 6.07) is 18.9. The number of fused-ring (bicyclic) bond motifs is 3. The van der Waals surface area contributed by atoms with E-state index in [0.29, 0.717) is 40.2 Å². The summed E-state index contributed by atoms with van der Waals surface area (Å²) in [7, 11) is 3.24. The number of pyridine rings is 2. The Morgan fingerprint density at radius 1 is 1.00 bits per heavy atom. The van der Waals surface area contributed by atoms with Gasteiger partial charge in [0.1, 0.15) is 17.1 Å². The molecule has 0 saturated carbocycles. The Morgan fingerprint density at radius 3 is 2.61 bits per heavy atom. The first-order valence-corrected chi connectivity index (χ1v) is 9.84. The van der Waals surface area contributed by atoms with Crippen molar-refractivity contribution < 1.29 is 9.47 Å². The van der Waals surface area contributed by atoms with Crippen LogP contribution in [0, 0.1) is 0 Å². The maximum Gasteiger partial charge on any atom is 0.268 e. The van der Waals surface area contributed by atoms with Crippen molar-refractivity contribution in [1.82, 2.24) is 19.7 Å². The molecule has 3 aromatic heterocycles. The molecule has 7 heteroatoms. The molecule has 0 unspecified atom stereocenters. The van der Waals surface area contributed by atoms with Gasteiger partial charge in [0.05, 0.1) is 36.5 Å². The van der Waals surface area contributed by atoms with Gasteiger partial charge in [-0.2, -0.15) is 5.10 Å². The van der Waals surface area contributed by atoms with Crippen LogP contribution in [0.5, 0.6) is 11.5 Å². The SMILES string of the molecule is COc1ccc(OC)c(Cc2n[nH]c3c2c(=O)n(-c2ccccc2)c2ncccc32)c1. The number of aromatic nitrogens is 4. The third-order valence-corrected chi connectivity index (χ3v) is 5.39. The van der Waals surface area contributed by atoms with Crippen molar-refractivity contribution in [2.24, 2.45) is 0 Å². The van der Waals surface area contributed by atoms with Crippen LogP contribution in [-0.2, 0) is 6.42 Å². The fraction of sp³-hybridized carbons (Fsp3) is 0.125. The van der Waals surface area contributed by atoms with Gasteiger partial charge in [0.2, 0.25) is 0 Å². The first-order chi connectivity index (χ1) is 15.2. The minimum absolute atomic E-state index is 0.169. The summed E-state index contributed by atoms with van der Waals surface area (Å²) < 4.78 is 12.5. The number of methoxy groups -OCH3 is 2. The van der Waals surface area contributed by atoms with Gasteiger partial charge in [0.25, 0.3) is 5.56 Å². The molecule has 0 amide bonds. The van der Waals surface area contributed by atoms with E-state index < -0.39 is 0 Å². The number of ether oxygens (including phenoxy) is 2. The Bertz CT molecular complexity index is 1450. The van der Waals surface area contributed by atoms with Gasteiger partial charge in [0.15, 0.2) is 0 Å². The summed E-state index contributed by atoms with van der Waals surface area (Å²) in [5, 5.41) is 8.93. The minimum Gasteiger partial charge on any atom is -0.497 e. The number of nitrogens with zero attached hydrogens (tertiary/aromatic N) is 3. The van der Waals surface area contributed by atoms with Gasteiger partial charge in [-0.1, -0.05) is 18.2 Å². The zero-order valence-electron chi connectivity index (χ0n) is 17.1. The fourth-order valence-corrected chi connectivity index (χ4v) is 3.93. The van der Waals surface area contributed by atoms with Gasteiger partial charge in [-0.15, -0.1) is 0 Å². The van der Waals surface area contributed by atoms with Gasteiger partial charge < -0.3 is 9.47 Å². The van der Waals surface area contributed by atoms with E-state index in [1.54, 1.807) is 25.0 Å². The van der Waals surface area contributed by atoms with Gasteiger partial charge in [-0.3, -0.25) is 14.5 Å². The van der Waals surface area contributed by atoms with Crippen LogP contribution in [0.1, 0.15) is 11.3 Å². The molecular weight excluding hydrogens is 392 g/mol. The predicted octanol–water partition coefficient (Wildman–Crippen LogP) is 3.87. The zero-order chi connectivity index (χ0) is 21.4. The van der Waals surface area contributed by atoms with Crippen LogP contribution < -0.4 is 15.0 Å². The summed E-state index contributed by atoms with van der Waals surface area (Å²) in [5.74, 6) is 1.43. The normalized spacial score (nSPS) is 11.2. The van der Waals surface area contributed by atoms with Crippen molar-refractivity contribution >= 4 is 21.9 Å². The van der Waals surface area contributed by atoms with Crippen LogP contribution in [0.4, 0.5) is 0 Å². The average Bonchev–Trinajstić information content (AvgIpc) is 3.24. The highest BCUT2D eigenvalue weighted by Crippen LogP contribution is 2.29. The highest BCUT2D eigenvalue weighted by atomic mass is 16.5. The third kappa shape index (κ3) is 3.11. The average molecular weight is 412 g/mol. The second-order valence-corrected chi connectivity index (χ2v) is 7.13. The van der Waals surface area contributed by atoms with Crippen LogP contribution in [0.3, 0.4) is 0 Å². The molecule has 0 atom stereocenters. The molecular formula is C24H20N4O3. The maximum atomic E-state index is 13.7. The fourth-order valence-electron chi connectivity index (χ4n) is 3.93. The van der Waals surface area contributed by atoms with E-state index in [1.165, 1.54) is 0 Å². The number of hydrogen-bond donors (Lipinski definition) is 1. The van der Waals surface area contributed by atoms with Gasteiger partial charge in [0, 0.05) is 23.6 Å². The lowest BCUT2D eigenvalue weighted by Crippen LogP contribution is -2.20. The van der Waals surface area contributed by atoms with Crippen molar-refractivity contribution in [3.63, 3.8) is 0 Å². The smallest absolute Gasteiger partial charge is 0.268 e. The Labute approximate surface area is 177 Å². The molecule has 1 N–H and O–H groups in total. The maximum absolute atomic E-state index is 13.7. The number of para-hydroxylation sites is 1. The molecule has 0 fully saturated rings. The van der Waals surface area contributed by atoms with Crippen LogP contribution in [-0.4, -0.2) is 34.0 Å². The Kier molecular flexibility index (Phi) is 4.63. The molecule has 2 aromatic carbocycles. The molecule has 0 bridgehead atoms. The number of H-pyrrole nitrogens is 1. The van der Waals surface area contributed by atoms with E-state index >= 15 is 0 Å². The first-order valence-electron chi connectivity index (χ1n) is 9.84. The van der Waals surface area contributed by atoms with Gasteiger partial charge in [-0.25, -0.2) is 4.98 Å². The molecule has 0 aliphatic carbocycles. The zero-order valence-corrected chi connectivity index (χ0v) is 17.1. The van der Waals surface area contributed by atoms with Crippen LogP contribution in [0.15, 0.2) is 71.7 Å². The van der Waals surface area contributed by atoms with E-state index in [4.69, 9.17) is 9.47 Å². The van der Waals surface area contributed by atoms with E-state index in [1.807, 2.05) is 60.7 Å². The van der Waals surface area contributed by atoms with Crippen molar-refractivity contribution in [3.05, 3.63) is 88.5 Å². The van der Waals surface area contributed by atoms with Crippen molar-refractivity contribution in [2.75, 3.05) is 14.2 Å². The topological polar surface area (TPSA) is 82.0 Å². The summed E-state index contributed by atoms with van der Waals surface area (Å²) >= 11 is 0. The minimum atomic E-state index is -0.169. The Morgan fingerprint density at radius 2 is 1.84 bits per heavy atom. The highest BCUT2D eigenvalue weighted by Gasteiger charge is 2.20. The van der Waals surface area contributed by atoms with Crippen molar-refractivity contribution in [3.8, 4) is 17.2 Å². The number of hydrogen-bond acceptors (Lipinski definition) is 5. The summed E-state index contributed by atoms with van der Waals surface area (Å²) in [6.45, 7) is 0. The first kappa shape index (κ1) is 18.9. The lowest BCUT2D eigenvalue weighted by atomic mass is 10.0. The predicted molar refractivity (Wildman–Crippen MR) is 119 cm³/mol. The van der Waals surface area contributed by atoms with E-state index in [0.717, 1.165) is 16.6 Å². The number of aromatic amines is 1. The molecule has 31 heavy (non-hydrogen) atoms. The molecule has 5 aromatic rings. The van der Waals surface area contributed by atoms with Crippen molar-refractivity contribution in [1.29, 1.82) is 0 Å². The largest absolute Gasteiger partial charge is 0.497 e. The second kappa shape index (κ2) is 7.60. The number of benzene rings is 2.